The summed E-state index contributed by atoms with van der Waals surface area (Å²) in [5.41, 5.74) is 0.764. The number of carboxylic acid groups (broad SMARTS) is 1. The molecule has 0 fully saturated rings. The Hall–Kier alpha value is -2.67. The van der Waals surface area contributed by atoms with Crippen LogP contribution in [0.25, 0.3) is 0 Å². The van der Waals surface area contributed by atoms with Crippen LogP contribution in [0.2, 0.25) is 5.02 Å². The SMILES string of the molecule is Cc1ccc([N+](=O)[O-])c(Nc2ccc(C(=O)O)cc2Cl)n1. The second-order valence-corrected chi connectivity index (χ2v) is 4.61. The molecule has 0 unspecified atom stereocenters. The third kappa shape index (κ3) is 3.26. The lowest BCUT2D eigenvalue weighted by molar-refractivity contribution is -0.384. The summed E-state index contributed by atoms with van der Waals surface area (Å²) < 4.78 is 0. The van der Waals surface area contributed by atoms with Gasteiger partial charge in [0.15, 0.2) is 0 Å². The zero-order valence-corrected chi connectivity index (χ0v) is 11.6. The molecular formula is C13H10ClN3O4. The summed E-state index contributed by atoms with van der Waals surface area (Å²) in [5, 5.41) is 22.7. The number of carbonyl (C=O) groups is 1. The Bertz CT molecular complexity index is 733. The summed E-state index contributed by atoms with van der Waals surface area (Å²) in [7, 11) is 0. The highest BCUT2D eigenvalue weighted by atomic mass is 35.5. The van der Waals surface area contributed by atoms with Crippen LogP contribution in [0.5, 0.6) is 0 Å². The van der Waals surface area contributed by atoms with Crippen molar-refractivity contribution in [2.75, 3.05) is 5.32 Å². The summed E-state index contributed by atoms with van der Waals surface area (Å²) in [6, 6.07) is 6.90. The van der Waals surface area contributed by atoms with Gasteiger partial charge in [0.1, 0.15) is 0 Å². The van der Waals surface area contributed by atoms with Gasteiger partial charge in [0.05, 0.1) is 21.2 Å². The average Bonchev–Trinajstić information content (AvgIpc) is 2.40. The number of hydrogen-bond acceptors (Lipinski definition) is 5. The highest BCUT2D eigenvalue weighted by Crippen LogP contribution is 2.30. The number of nitrogens with one attached hydrogen (secondary N) is 1. The molecule has 2 aromatic rings. The summed E-state index contributed by atoms with van der Waals surface area (Å²) in [6.07, 6.45) is 0. The summed E-state index contributed by atoms with van der Waals surface area (Å²) in [4.78, 5) is 25.3. The van der Waals surface area contributed by atoms with Gasteiger partial charge in [0.2, 0.25) is 5.82 Å². The molecule has 1 aromatic carbocycles. The van der Waals surface area contributed by atoms with Crippen molar-refractivity contribution < 1.29 is 14.8 Å². The second-order valence-electron chi connectivity index (χ2n) is 4.20. The number of nitro groups is 1. The summed E-state index contributed by atoms with van der Waals surface area (Å²) in [6.45, 7) is 1.70. The topological polar surface area (TPSA) is 105 Å². The van der Waals surface area contributed by atoms with Gasteiger partial charge in [0.25, 0.3) is 0 Å². The fourth-order valence-corrected chi connectivity index (χ4v) is 1.89. The second kappa shape index (κ2) is 5.76. The number of carboxylic acids is 1. The first kappa shape index (κ1) is 14.7. The number of pyridine rings is 1. The molecule has 0 bridgehead atoms. The number of benzene rings is 1. The molecule has 21 heavy (non-hydrogen) atoms. The van der Waals surface area contributed by atoms with Crippen LogP contribution < -0.4 is 5.32 Å². The first-order valence-electron chi connectivity index (χ1n) is 5.80. The Balaban J connectivity index is 2.40. The van der Waals surface area contributed by atoms with Gasteiger partial charge < -0.3 is 10.4 Å². The fourth-order valence-electron chi connectivity index (χ4n) is 1.67. The number of anilines is 2. The Kier molecular flexibility index (Phi) is 4.04. The normalized spacial score (nSPS) is 10.2. The lowest BCUT2D eigenvalue weighted by Crippen LogP contribution is -2.02. The van der Waals surface area contributed by atoms with Crippen LogP contribution in [0.15, 0.2) is 30.3 Å². The first-order chi connectivity index (χ1) is 9.88. The predicted octanol–water partition coefficient (Wildman–Crippen LogP) is 3.39. The minimum Gasteiger partial charge on any atom is -0.478 e. The molecule has 7 nitrogen and oxygen atoms in total. The third-order valence-corrected chi connectivity index (χ3v) is 2.99. The van der Waals surface area contributed by atoms with Crippen molar-refractivity contribution in [1.29, 1.82) is 0 Å². The maximum atomic E-state index is 11.0. The molecule has 2 N–H and O–H groups in total. The van der Waals surface area contributed by atoms with Gasteiger partial charge in [-0.05, 0) is 31.2 Å². The fraction of sp³-hybridized carbons (Fsp3) is 0.0769. The van der Waals surface area contributed by atoms with Crippen molar-refractivity contribution in [3.63, 3.8) is 0 Å². The van der Waals surface area contributed by atoms with Crippen LogP contribution in [0.1, 0.15) is 16.1 Å². The van der Waals surface area contributed by atoms with E-state index in [2.05, 4.69) is 10.3 Å². The number of aryl methyl sites for hydroxylation is 1. The lowest BCUT2D eigenvalue weighted by Gasteiger charge is -2.09. The van der Waals surface area contributed by atoms with E-state index >= 15 is 0 Å². The molecule has 1 heterocycles. The van der Waals surface area contributed by atoms with Gasteiger partial charge in [-0.25, -0.2) is 9.78 Å². The molecule has 0 saturated heterocycles. The standard InChI is InChI=1S/C13H10ClN3O4/c1-7-2-5-11(17(20)21)12(15-7)16-10-4-3-8(13(18)19)6-9(10)14/h2-6H,1H3,(H,15,16)(H,18,19). The maximum Gasteiger partial charge on any atom is 0.335 e. The molecule has 0 atom stereocenters. The zero-order valence-electron chi connectivity index (χ0n) is 10.8. The van der Waals surface area contributed by atoms with E-state index in [1.807, 2.05) is 0 Å². The summed E-state index contributed by atoms with van der Waals surface area (Å²) >= 11 is 5.97. The van der Waals surface area contributed by atoms with E-state index in [0.717, 1.165) is 0 Å². The molecule has 2 rings (SSSR count). The number of nitrogens with zero attached hydrogens (tertiary/aromatic N) is 2. The molecule has 0 aliphatic carbocycles. The van der Waals surface area contributed by atoms with E-state index < -0.39 is 10.9 Å². The highest BCUT2D eigenvalue weighted by Gasteiger charge is 2.17. The third-order valence-electron chi connectivity index (χ3n) is 2.68. The van der Waals surface area contributed by atoms with Crippen LogP contribution in [0, 0.1) is 17.0 Å². The van der Waals surface area contributed by atoms with Gasteiger partial charge in [-0.1, -0.05) is 11.6 Å². The minimum absolute atomic E-state index is 0.0252. The van der Waals surface area contributed by atoms with E-state index in [0.29, 0.717) is 11.4 Å². The van der Waals surface area contributed by atoms with Gasteiger partial charge in [-0.3, -0.25) is 10.1 Å². The minimum atomic E-state index is -1.11. The number of rotatable bonds is 4. The Morgan fingerprint density at radius 1 is 1.38 bits per heavy atom. The molecule has 0 saturated carbocycles. The maximum absolute atomic E-state index is 11.0. The van der Waals surface area contributed by atoms with Crippen molar-refractivity contribution in [3.8, 4) is 0 Å². The lowest BCUT2D eigenvalue weighted by atomic mass is 10.2. The molecule has 108 valence electrons. The van der Waals surface area contributed by atoms with Gasteiger partial charge in [-0.2, -0.15) is 0 Å². The van der Waals surface area contributed by atoms with E-state index in [9.17, 15) is 14.9 Å². The summed E-state index contributed by atoms with van der Waals surface area (Å²) in [5.74, 6) is -1.06. The molecule has 1 aromatic heterocycles. The van der Waals surface area contributed by atoms with Crippen LogP contribution in [-0.2, 0) is 0 Å². The molecule has 0 spiro atoms. The van der Waals surface area contributed by atoms with Crippen LogP contribution in [0.3, 0.4) is 0 Å². The van der Waals surface area contributed by atoms with Gasteiger partial charge in [0, 0.05) is 11.8 Å². The van der Waals surface area contributed by atoms with E-state index in [1.165, 1.54) is 30.3 Å². The zero-order chi connectivity index (χ0) is 15.6. The van der Waals surface area contributed by atoms with Crippen molar-refractivity contribution in [3.05, 3.63) is 56.7 Å². The Morgan fingerprint density at radius 3 is 2.67 bits per heavy atom. The largest absolute Gasteiger partial charge is 0.478 e. The van der Waals surface area contributed by atoms with E-state index in [1.54, 1.807) is 6.92 Å². The van der Waals surface area contributed by atoms with Crippen LogP contribution in [-0.4, -0.2) is 21.0 Å². The van der Waals surface area contributed by atoms with Crippen molar-refractivity contribution in [2.45, 2.75) is 6.92 Å². The molecule has 0 amide bonds. The van der Waals surface area contributed by atoms with Crippen molar-refractivity contribution in [1.82, 2.24) is 4.98 Å². The smallest absolute Gasteiger partial charge is 0.335 e. The average molecular weight is 308 g/mol. The molecule has 0 aliphatic rings. The molecule has 8 heteroatoms. The molecular weight excluding hydrogens is 298 g/mol. The number of hydrogen-bond donors (Lipinski definition) is 2. The molecule has 0 radical (unpaired) electrons. The number of aromatic nitrogens is 1. The Labute approximate surface area is 124 Å². The van der Waals surface area contributed by atoms with Gasteiger partial charge >= 0.3 is 11.7 Å². The quantitative estimate of drug-likeness (QED) is 0.662. The van der Waals surface area contributed by atoms with Crippen molar-refractivity contribution >= 4 is 34.8 Å². The van der Waals surface area contributed by atoms with Gasteiger partial charge in [-0.15, -0.1) is 0 Å². The van der Waals surface area contributed by atoms with Crippen LogP contribution >= 0.6 is 11.6 Å². The predicted molar refractivity (Wildman–Crippen MR) is 77.3 cm³/mol. The number of halogens is 1. The first-order valence-corrected chi connectivity index (χ1v) is 6.18. The molecule has 0 aliphatic heterocycles. The van der Waals surface area contributed by atoms with E-state index in [4.69, 9.17) is 16.7 Å². The monoisotopic (exact) mass is 307 g/mol. The van der Waals surface area contributed by atoms with Crippen molar-refractivity contribution in [2.24, 2.45) is 0 Å². The van der Waals surface area contributed by atoms with Crippen LogP contribution in [0.4, 0.5) is 17.2 Å². The Morgan fingerprint density at radius 2 is 2.10 bits per heavy atom. The number of aromatic carboxylic acids is 1. The van der Waals surface area contributed by atoms with E-state index in [-0.39, 0.29) is 22.1 Å². The highest BCUT2D eigenvalue weighted by molar-refractivity contribution is 6.33.